The molecule has 3 N–H and O–H groups in total. The first-order chi connectivity index (χ1) is 9.73. The van der Waals surface area contributed by atoms with Crippen molar-refractivity contribution >= 4 is 45.0 Å². The van der Waals surface area contributed by atoms with Crippen LogP contribution in [0, 0.1) is 0 Å². The average molecular weight is 384 g/mol. The Balaban J connectivity index is 2.34. The molecule has 0 saturated carbocycles. The van der Waals surface area contributed by atoms with E-state index in [2.05, 4.69) is 36.0 Å². The summed E-state index contributed by atoms with van der Waals surface area (Å²) in [6.45, 7) is 0. The minimum atomic E-state index is -4.82. The first-order valence-electron chi connectivity index (χ1n) is 5.35. The number of anilines is 3. The van der Waals surface area contributed by atoms with Gasteiger partial charge in [0.25, 0.3) is 0 Å². The summed E-state index contributed by atoms with van der Waals surface area (Å²) in [6.07, 6.45) is -4.82. The number of alkyl halides is 3. The SMILES string of the molecule is Nc1nc(Cl)cc(Nc2ccc(Br)cc2OC(F)(F)F)n1. The molecule has 0 saturated heterocycles. The number of nitrogens with two attached hydrogens (primary N) is 1. The second kappa shape index (κ2) is 5.94. The van der Waals surface area contributed by atoms with Crippen LogP contribution in [-0.4, -0.2) is 16.3 Å². The summed E-state index contributed by atoms with van der Waals surface area (Å²) < 4.78 is 41.5. The zero-order valence-electron chi connectivity index (χ0n) is 10.1. The van der Waals surface area contributed by atoms with Crippen molar-refractivity contribution in [3.05, 3.63) is 33.9 Å². The second-order valence-corrected chi connectivity index (χ2v) is 5.05. The fraction of sp³-hybridized carbons (Fsp3) is 0.0909. The molecule has 0 amide bonds. The molecule has 0 aliphatic carbocycles. The molecule has 0 spiro atoms. The van der Waals surface area contributed by atoms with Crippen LogP contribution in [0.2, 0.25) is 5.15 Å². The topological polar surface area (TPSA) is 73.1 Å². The van der Waals surface area contributed by atoms with Gasteiger partial charge in [0.1, 0.15) is 11.0 Å². The van der Waals surface area contributed by atoms with Gasteiger partial charge >= 0.3 is 6.36 Å². The van der Waals surface area contributed by atoms with Gasteiger partial charge in [-0.2, -0.15) is 4.98 Å². The molecule has 21 heavy (non-hydrogen) atoms. The highest BCUT2D eigenvalue weighted by atomic mass is 79.9. The number of rotatable bonds is 3. The smallest absolute Gasteiger partial charge is 0.404 e. The van der Waals surface area contributed by atoms with Crippen molar-refractivity contribution in [1.29, 1.82) is 0 Å². The Morgan fingerprint density at radius 3 is 2.57 bits per heavy atom. The molecule has 0 radical (unpaired) electrons. The summed E-state index contributed by atoms with van der Waals surface area (Å²) in [5.74, 6) is -0.396. The third-order valence-corrected chi connectivity index (χ3v) is 2.83. The number of nitrogens with zero attached hydrogens (tertiary/aromatic N) is 2. The molecule has 0 fully saturated rings. The van der Waals surface area contributed by atoms with E-state index in [1.165, 1.54) is 24.3 Å². The van der Waals surface area contributed by atoms with E-state index in [4.69, 9.17) is 17.3 Å². The zero-order chi connectivity index (χ0) is 15.6. The van der Waals surface area contributed by atoms with Crippen LogP contribution in [-0.2, 0) is 0 Å². The maximum Gasteiger partial charge on any atom is 0.573 e. The molecule has 2 aromatic rings. The summed E-state index contributed by atoms with van der Waals surface area (Å²) in [5, 5.41) is 2.70. The lowest BCUT2D eigenvalue weighted by Crippen LogP contribution is -2.18. The lowest BCUT2D eigenvalue weighted by Gasteiger charge is -2.14. The van der Waals surface area contributed by atoms with Crippen molar-refractivity contribution in [3.8, 4) is 5.75 Å². The normalized spacial score (nSPS) is 11.3. The van der Waals surface area contributed by atoms with Gasteiger partial charge in [-0.25, -0.2) is 4.98 Å². The van der Waals surface area contributed by atoms with Crippen LogP contribution in [0.4, 0.5) is 30.6 Å². The molecular weight excluding hydrogens is 376 g/mol. The standard InChI is InChI=1S/C11H7BrClF3N4O/c12-5-1-2-6(7(3-5)21-11(14,15)16)18-9-4-8(13)19-10(17)20-9/h1-4H,(H3,17,18,19,20). The average Bonchev–Trinajstić information content (AvgIpc) is 2.29. The molecule has 0 aliphatic heterocycles. The summed E-state index contributed by atoms with van der Waals surface area (Å²) >= 11 is 8.77. The monoisotopic (exact) mass is 382 g/mol. The molecule has 0 atom stereocenters. The summed E-state index contributed by atoms with van der Waals surface area (Å²) in [5.41, 5.74) is 5.46. The summed E-state index contributed by atoms with van der Waals surface area (Å²) in [7, 11) is 0. The molecule has 5 nitrogen and oxygen atoms in total. The lowest BCUT2D eigenvalue weighted by molar-refractivity contribution is -0.274. The van der Waals surface area contributed by atoms with Crippen molar-refractivity contribution in [2.24, 2.45) is 0 Å². The van der Waals surface area contributed by atoms with Gasteiger partial charge in [-0.1, -0.05) is 27.5 Å². The van der Waals surface area contributed by atoms with Gasteiger partial charge in [-0.15, -0.1) is 13.2 Å². The number of hydrogen-bond donors (Lipinski definition) is 2. The molecule has 112 valence electrons. The molecule has 10 heteroatoms. The van der Waals surface area contributed by atoms with E-state index in [9.17, 15) is 13.2 Å². The molecule has 1 aromatic carbocycles. The Morgan fingerprint density at radius 2 is 1.95 bits per heavy atom. The minimum Gasteiger partial charge on any atom is -0.404 e. The van der Waals surface area contributed by atoms with Gasteiger partial charge in [-0.3, -0.25) is 0 Å². The number of benzene rings is 1. The number of nitrogen functional groups attached to an aromatic ring is 1. The number of nitrogens with one attached hydrogen (secondary N) is 1. The largest absolute Gasteiger partial charge is 0.573 e. The summed E-state index contributed by atoms with van der Waals surface area (Å²) in [6, 6.07) is 5.41. The van der Waals surface area contributed by atoms with Gasteiger partial charge < -0.3 is 15.8 Å². The highest BCUT2D eigenvalue weighted by Crippen LogP contribution is 2.34. The number of hydrogen-bond acceptors (Lipinski definition) is 5. The third-order valence-electron chi connectivity index (χ3n) is 2.14. The van der Waals surface area contributed by atoms with Crippen molar-refractivity contribution in [3.63, 3.8) is 0 Å². The Labute approximate surface area is 130 Å². The molecule has 0 bridgehead atoms. The van der Waals surface area contributed by atoms with Crippen LogP contribution in [0.25, 0.3) is 0 Å². The van der Waals surface area contributed by atoms with Crippen LogP contribution < -0.4 is 15.8 Å². The Bertz CT molecular complexity index is 648. The van der Waals surface area contributed by atoms with Gasteiger partial charge in [0, 0.05) is 10.5 Å². The van der Waals surface area contributed by atoms with Crippen LogP contribution in [0.5, 0.6) is 5.75 Å². The van der Waals surface area contributed by atoms with E-state index in [1.54, 1.807) is 0 Å². The Kier molecular flexibility index (Phi) is 4.43. The molecule has 2 rings (SSSR count). The first kappa shape index (κ1) is 15.6. The van der Waals surface area contributed by atoms with Crippen molar-refractivity contribution < 1.29 is 17.9 Å². The number of ether oxygens (including phenoxy) is 1. The van der Waals surface area contributed by atoms with E-state index in [0.29, 0.717) is 4.47 Å². The van der Waals surface area contributed by atoms with E-state index >= 15 is 0 Å². The van der Waals surface area contributed by atoms with Crippen molar-refractivity contribution in [1.82, 2.24) is 9.97 Å². The van der Waals surface area contributed by atoms with Crippen LogP contribution in [0.3, 0.4) is 0 Å². The minimum absolute atomic E-state index is 0.0460. The highest BCUT2D eigenvalue weighted by Gasteiger charge is 2.32. The van der Waals surface area contributed by atoms with E-state index < -0.39 is 12.1 Å². The maximum absolute atomic E-state index is 12.4. The van der Waals surface area contributed by atoms with E-state index in [0.717, 1.165) is 0 Å². The highest BCUT2D eigenvalue weighted by molar-refractivity contribution is 9.10. The molecule has 1 heterocycles. The van der Waals surface area contributed by atoms with Gasteiger partial charge in [-0.05, 0) is 18.2 Å². The number of halogens is 5. The van der Waals surface area contributed by atoms with Crippen LogP contribution in [0.1, 0.15) is 0 Å². The maximum atomic E-state index is 12.4. The Morgan fingerprint density at radius 1 is 1.24 bits per heavy atom. The molecule has 0 unspecified atom stereocenters. The van der Waals surface area contributed by atoms with Crippen molar-refractivity contribution in [2.75, 3.05) is 11.1 Å². The third kappa shape index (κ3) is 4.64. The molecule has 0 aliphatic rings. The number of aromatic nitrogens is 2. The molecular formula is C11H7BrClF3N4O. The van der Waals surface area contributed by atoms with Gasteiger partial charge in [0.05, 0.1) is 5.69 Å². The first-order valence-corrected chi connectivity index (χ1v) is 6.52. The van der Waals surface area contributed by atoms with E-state index in [1.807, 2.05) is 0 Å². The van der Waals surface area contributed by atoms with Crippen LogP contribution >= 0.6 is 27.5 Å². The summed E-state index contributed by atoms with van der Waals surface area (Å²) in [4.78, 5) is 7.46. The van der Waals surface area contributed by atoms with Crippen molar-refractivity contribution in [2.45, 2.75) is 6.36 Å². The predicted octanol–water partition coefficient (Wildman–Crippen LogP) is 4.12. The second-order valence-electron chi connectivity index (χ2n) is 3.75. The lowest BCUT2D eigenvalue weighted by atomic mass is 10.3. The Hall–Kier alpha value is -1.74. The predicted molar refractivity (Wildman–Crippen MR) is 75.6 cm³/mol. The van der Waals surface area contributed by atoms with Gasteiger partial charge in [0.15, 0.2) is 5.75 Å². The fourth-order valence-electron chi connectivity index (χ4n) is 1.45. The van der Waals surface area contributed by atoms with Crippen LogP contribution in [0.15, 0.2) is 28.7 Å². The van der Waals surface area contributed by atoms with Gasteiger partial charge in [0.2, 0.25) is 5.95 Å². The molecule has 1 aromatic heterocycles. The van der Waals surface area contributed by atoms with E-state index in [-0.39, 0.29) is 22.6 Å². The zero-order valence-corrected chi connectivity index (χ0v) is 12.4. The quantitative estimate of drug-likeness (QED) is 0.780. The fourth-order valence-corrected chi connectivity index (χ4v) is 1.98.